The Hall–Kier alpha value is -8.22. The lowest BCUT2D eigenvalue weighted by molar-refractivity contribution is 0.945. The fourth-order valence-corrected chi connectivity index (χ4v) is 10.3. The Morgan fingerprint density at radius 1 is 0.371 bits per heavy atom. The summed E-state index contributed by atoms with van der Waals surface area (Å²) in [6, 6.07) is 60.7. The van der Waals surface area contributed by atoms with Crippen molar-refractivity contribution >= 4 is 93.4 Å². The predicted molar refractivity (Wildman–Crippen MR) is 256 cm³/mol. The summed E-state index contributed by atoms with van der Waals surface area (Å²) in [4.78, 5) is 21.8. The summed E-state index contributed by atoms with van der Waals surface area (Å²) >= 11 is 0. The van der Waals surface area contributed by atoms with Crippen LogP contribution in [0.15, 0.2) is 176 Å². The molecular weight excluding hydrogens is 757 g/mol. The fourth-order valence-electron chi connectivity index (χ4n) is 10.3. The first kappa shape index (κ1) is 33.6. The molecule has 6 heteroatoms. The quantitative estimate of drug-likeness (QED) is 0.167. The van der Waals surface area contributed by atoms with E-state index in [0.29, 0.717) is 0 Å². The molecule has 9 aromatic carbocycles. The molecule has 0 bridgehead atoms. The smallest absolute Gasteiger partial charge is 0.149 e. The molecule has 6 nitrogen and oxygen atoms in total. The van der Waals surface area contributed by atoms with Crippen LogP contribution >= 0.6 is 0 Å². The van der Waals surface area contributed by atoms with E-state index < -0.39 is 0 Å². The van der Waals surface area contributed by atoms with E-state index in [4.69, 9.17) is 19.9 Å². The van der Waals surface area contributed by atoms with E-state index in [-0.39, 0.29) is 0 Å². The molecule has 0 N–H and O–H groups in total. The van der Waals surface area contributed by atoms with Crippen molar-refractivity contribution in [3.05, 3.63) is 187 Å². The van der Waals surface area contributed by atoms with Crippen molar-refractivity contribution in [2.45, 2.75) is 12.8 Å². The van der Waals surface area contributed by atoms with Crippen LogP contribution in [-0.4, -0.2) is 28.7 Å². The zero-order valence-corrected chi connectivity index (χ0v) is 33.4. The number of aromatic nitrogens is 6. The topological polar surface area (TPSA) is 60.4 Å². The molecular formula is C56H34N6. The van der Waals surface area contributed by atoms with Crippen LogP contribution < -0.4 is 0 Å². The number of imidazole rings is 2. The Morgan fingerprint density at radius 2 is 0.823 bits per heavy atom. The first-order valence-corrected chi connectivity index (χ1v) is 21.3. The van der Waals surface area contributed by atoms with Crippen molar-refractivity contribution in [2.24, 2.45) is 0 Å². The summed E-state index contributed by atoms with van der Waals surface area (Å²) in [5.74, 6) is 1.74. The second-order valence-corrected chi connectivity index (χ2v) is 16.5. The monoisotopic (exact) mass is 790 g/mol. The summed E-state index contributed by atoms with van der Waals surface area (Å²) in [5, 5.41) is 10.5. The minimum absolute atomic E-state index is 0.855. The van der Waals surface area contributed by atoms with E-state index in [2.05, 4.69) is 191 Å². The van der Waals surface area contributed by atoms with Crippen molar-refractivity contribution in [1.82, 2.24) is 28.7 Å². The van der Waals surface area contributed by atoms with Crippen LogP contribution in [0.2, 0.25) is 0 Å². The number of hydrogen-bond donors (Lipinski definition) is 0. The van der Waals surface area contributed by atoms with E-state index in [1.165, 1.54) is 32.5 Å². The maximum absolute atomic E-state index is 5.49. The van der Waals surface area contributed by atoms with Crippen LogP contribution in [-0.2, 0) is 6.42 Å². The second kappa shape index (κ2) is 12.6. The molecule has 1 aliphatic rings. The number of hydrogen-bond acceptors (Lipinski definition) is 4. The summed E-state index contributed by atoms with van der Waals surface area (Å²) < 4.78 is 4.63. The summed E-state index contributed by atoms with van der Waals surface area (Å²) in [6.45, 7) is 0. The van der Waals surface area contributed by atoms with Gasteiger partial charge < -0.3 is 0 Å². The van der Waals surface area contributed by atoms with E-state index in [1.807, 2.05) is 0 Å². The minimum Gasteiger partial charge on any atom is -0.275 e. The zero-order valence-electron chi connectivity index (χ0n) is 33.4. The number of rotatable bonds is 3. The maximum Gasteiger partial charge on any atom is 0.149 e. The maximum atomic E-state index is 5.49. The molecule has 62 heavy (non-hydrogen) atoms. The Balaban J connectivity index is 1.01. The van der Waals surface area contributed by atoms with Gasteiger partial charge in [0.1, 0.15) is 22.9 Å². The molecule has 13 aromatic rings. The lowest BCUT2D eigenvalue weighted by Crippen LogP contribution is -2.06. The molecule has 4 aromatic heterocycles. The molecule has 0 aliphatic heterocycles. The predicted octanol–water partition coefficient (Wildman–Crippen LogP) is 13.8. The van der Waals surface area contributed by atoms with Crippen LogP contribution in [0, 0.1) is 0 Å². The molecule has 0 radical (unpaired) electrons. The van der Waals surface area contributed by atoms with Crippen molar-refractivity contribution in [2.75, 3.05) is 0 Å². The molecule has 0 amide bonds. The van der Waals surface area contributed by atoms with Crippen LogP contribution in [0.25, 0.3) is 127 Å². The van der Waals surface area contributed by atoms with E-state index in [9.17, 15) is 0 Å². The lowest BCUT2D eigenvalue weighted by atomic mass is 9.98. The number of nitrogens with zero attached hydrogens (tertiary/aromatic N) is 6. The first-order chi connectivity index (χ1) is 30.8. The summed E-state index contributed by atoms with van der Waals surface area (Å²) in [5.41, 5.74) is 13.4. The molecule has 0 saturated carbocycles. The van der Waals surface area contributed by atoms with Gasteiger partial charge in [0, 0.05) is 43.6 Å². The molecule has 288 valence electrons. The highest BCUT2D eigenvalue weighted by Gasteiger charge is 2.24. The molecule has 0 saturated heterocycles. The highest BCUT2D eigenvalue weighted by Crippen LogP contribution is 2.41. The van der Waals surface area contributed by atoms with Gasteiger partial charge >= 0.3 is 0 Å². The third-order valence-corrected chi connectivity index (χ3v) is 13.1. The molecule has 0 atom stereocenters. The zero-order chi connectivity index (χ0) is 40.5. The van der Waals surface area contributed by atoms with Gasteiger partial charge in [-0.15, -0.1) is 0 Å². The molecule has 1 aliphatic carbocycles. The second-order valence-electron chi connectivity index (χ2n) is 16.5. The van der Waals surface area contributed by atoms with Crippen molar-refractivity contribution in [3.8, 4) is 33.9 Å². The largest absolute Gasteiger partial charge is 0.275 e. The molecule has 14 rings (SSSR count). The molecule has 0 spiro atoms. The number of aryl methyl sites for hydroxylation is 1. The normalized spacial score (nSPS) is 13.0. The average molecular weight is 791 g/mol. The minimum atomic E-state index is 0.855. The lowest BCUT2D eigenvalue weighted by Gasteiger charge is -2.16. The Kier molecular flexibility index (Phi) is 6.85. The van der Waals surface area contributed by atoms with Gasteiger partial charge in [0.2, 0.25) is 0 Å². The van der Waals surface area contributed by atoms with Gasteiger partial charge in [-0.3, -0.25) is 8.80 Å². The standard InChI is InChI=1S/C56H34N6/c1-5-23-41-37(19-1)39-21-3-7-25-43(39)51-49(41)59-55-45-27-9-11-29-47(45)57-53(61(51)55)35-17-13-15-33(31-35)34-16-14-18-36(32-34)54-58-48-30-12-10-28-46(48)56-60-50-42-24-6-2-20-38(42)40-22-4-8-26-44(40)52(50)62(54)56/h1-9,11-27,29-32H,10,28H2. The van der Waals surface area contributed by atoms with Crippen molar-refractivity contribution < 1.29 is 0 Å². The van der Waals surface area contributed by atoms with E-state index in [0.717, 1.165) is 113 Å². The number of fused-ring (bicyclic) bond motifs is 20. The SMILES string of the molecule is C1=Cc2nc(-c3cccc(-c4cccc(-c5nc6ccccc6c6nc7c8ccccc8c8ccccc8c7n56)c4)c3)n3c(nc4c5ccccc5c5ccccc5c43)c2CC1. The molecule has 4 heterocycles. The number of allylic oxidation sites excluding steroid dienone is 1. The highest BCUT2D eigenvalue weighted by molar-refractivity contribution is 6.26. The van der Waals surface area contributed by atoms with Crippen LogP contribution in [0.3, 0.4) is 0 Å². The Labute approximate surface area is 354 Å². The van der Waals surface area contributed by atoms with Crippen LogP contribution in [0.4, 0.5) is 0 Å². The summed E-state index contributed by atoms with van der Waals surface area (Å²) in [6.07, 6.45) is 6.29. The molecule has 0 fully saturated rings. The first-order valence-electron chi connectivity index (χ1n) is 21.3. The van der Waals surface area contributed by atoms with E-state index >= 15 is 0 Å². The summed E-state index contributed by atoms with van der Waals surface area (Å²) in [7, 11) is 0. The van der Waals surface area contributed by atoms with Crippen LogP contribution in [0.1, 0.15) is 17.7 Å². The van der Waals surface area contributed by atoms with Crippen molar-refractivity contribution in [3.63, 3.8) is 0 Å². The van der Waals surface area contributed by atoms with Gasteiger partial charge in [0.15, 0.2) is 0 Å². The van der Waals surface area contributed by atoms with Gasteiger partial charge in [-0.1, -0.05) is 152 Å². The third kappa shape index (κ3) is 4.63. The fraction of sp³-hybridized carbons (Fsp3) is 0.0357. The van der Waals surface area contributed by atoms with E-state index in [1.54, 1.807) is 0 Å². The molecule has 0 unspecified atom stereocenters. The average Bonchev–Trinajstić information content (AvgIpc) is 3.96. The highest BCUT2D eigenvalue weighted by atomic mass is 15.1. The van der Waals surface area contributed by atoms with Gasteiger partial charge in [-0.05, 0) is 75.9 Å². The van der Waals surface area contributed by atoms with Crippen LogP contribution in [0.5, 0.6) is 0 Å². The van der Waals surface area contributed by atoms with Gasteiger partial charge in [-0.2, -0.15) is 0 Å². The third-order valence-electron chi connectivity index (χ3n) is 13.1. The van der Waals surface area contributed by atoms with Gasteiger partial charge in [0.05, 0.1) is 33.3 Å². The number of benzene rings is 9. The van der Waals surface area contributed by atoms with Gasteiger partial charge in [0.25, 0.3) is 0 Å². The number of para-hydroxylation sites is 1. The van der Waals surface area contributed by atoms with Gasteiger partial charge in [-0.25, -0.2) is 19.9 Å². The Morgan fingerprint density at radius 3 is 1.42 bits per heavy atom. The van der Waals surface area contributed by atoms with Crippen molar-refractivity contribution in [1.29, 1.82) is 0 Å². The Bertz CT molecular complexity index is 4110.